The second kappa shape index (κ2) is 7.51. The highest BCUT2D eigenvalue weighted by Gasteiger charge is 2.24. The van der Waals surface area contributed by atoms with Gasteiger partial charge in [0.2, 0.25) is 21.7 Å². The number of benzene rings is 1. The number of nitrogens with zero attached hydrogens (tertiary/aromatic N) is 4. The summed E-state index contributed by atoms with van der Waals surface area (Å²) in [5.41, 5.74) is 0.861. The minimum absolute atomic E-state index is 0.485. The molecule has 0 bridgehead atoms. The predicted molar refractivity (Wildman–Crippen MR) is 92.6 cm³/mol. The summed E-state index contributed by atoms with van der Waals surface area (Å²) in [7, 11) is -3.12. The highest BCUT2D eigenvalue weighted by Crippen LogP contribution is 2.20. The average Bonchev–Trinajstić information content (AvgIpc) is 3.04. The van der Waals surface area contributed by atoms with Crippen LogP contribution in [0.4, 0.5) is 0 Å². The van der Waals surface area contributed by atoms with E-state index in [0.717, 1.165) is 11.3 Å². The smallest absolute Gasteiger partial charge is 0.241 e. The van der Waals surface area contributed by atoms with Gasteiger partial charge in [-0.05, 0) is 31.2 Å². The van der Waals surface area contributed by atoms with Crippen molar-refractivity contribution in [1.82, 2.24) is 19.3 Å². The topological polar surface area (TPSA) is 88.8 Å². The molecule has 25 heavy (non-hydrogen) atoms. The number of rotatable bonds is 6. The molecule has 1 aliphatic heterocycles. The summed E-state index contributed by atoms with van der Waals surface area (Å²) in [5.74, 6) is 1.86. The summed E-state index contributed by atoms with van der Waals surface area (Å²) in [6.07, 6.45) is 1.24. The fraction of sp³-hybridized carbons (Fsp3) is 0.500. The summed E-state index contributed by atoms with van der Waals surface area (Å²) >= 11 is 0. The van der Waals surface area contributed by atoms with E-state index in [1.165, 1.54) is 10.6 Å². The molecule has 2 aromatic rings. The van der Waals surface area contributed by atoms with Crippen LogP contribution in [0.5, 0.6) is 5.75 Å². The normalized spacial score (nSPS) is 16.9. The van der Waals surface area contributed by atoms with Crippen LogP contribution in [0.25, 0.3) is 11.4 Å². The Morgan fingerprint density at radius 3 is 2.44 bits per heavy atom. The number of hydrogen-bond acceptors (Lipinski definition) is 7. The number of ether oxygens (including phenoxy) is 1. The molecule has 0 amide bonds. The third kappa shape index (κ3) is 4.56. The molecule has 3 rings (SSSR count). The Bertz CT molecular complexity index is 796. The van der Waals surface area contributed by atoms with Gasteiger partial charge in [0.05, 0.1) is 19.4 Å². The Kier molecular flexibility index (Phi) is 5.36. The fourth-order valence-electron chi connectivity index (χ4n) is 2.71. The van der Waals surface area contributed by atoms with Gasteiger partial charge in [0, 0.05) is 31.7 Å². The van der Waals surface area contributed by atoms with Crippen molar-refractivity contribution in [3.63, 3.8) is 0 Å². The molecule has 1 aliphatic rings. The Labute approximate surface area is 147 Å². The molecular weight excluding hydrogens is 344 g/mol. The van der Waals surface area contributed by atoms with Crippen LogP contribution in [0.15, 0.2) is 28.8 Å². The van der Waals surface area contributed by atoms with Gasteiger partial charge in [-0.15, -0.1) is 0 Å². The van der Waals surface area contributed by atoms with Gasteiger partial charge in [0.1, 0.15) is 5.75 Å². The minimum atomic E-state index is -3.12. The van der Waals surface area contributed by atoms with E-state index in [1.54, 1.807) is 0 Å². The van der Waals surface area contributed by atoms with Crippen LogP contribution in [0.1, 0.15) is 12.8 Å². The molecule has 1 aromatic heterocycles. The number of piperazine rings is 1. The molecule has 0 aliphatic carbocycles. The largest absolute Gasteiger partial charge is 0.494 e. The first-order chi connectivity index (χ1) is 12.0. The predicted octanol–water partition coefficient (Wildman–Crippen LogP) is 1.21. The van der Waals surface area contributed by atoms with E-state index in [2.05, 4.69) is 15.0 Å². The molecular formula is C16H22N4O4S. The van der Waals surface area contributed by atoms with Gasteiger partial charge in [0.15, 0.2) is 0 Å². The van der Waals surface area contributed by atoms with E-state index in [0.29, 0.717) is 51.0 Å². The van der Waals surface area contributed by atoms with Gasteiger partial charge in [-0.2, -0.15) is 9.29 Å². The molecule has 0 radical (unpaired) electrons. The Morgan fingerprint density at radius 2 is 1.84 bits per heavy atom. The second-order valence-electron chi connectivity index (χ2n) is 5.91. The van der Waals surface area contributed by atoms with Gasteiger partial charge < -0.3 is 9.26 Å². The number of hydrogen-bond donors (Lipinski definition) is 0. The highest BCUT2D eigenvalue weighted by molar-refractivity contribution is 7.88. The van der Waals surface area contributed by atoms with Gasteiger partial charge in [-0.25, -0.2) is 8.42 Å². The van der Waals surface area contributed by atoms with Gasteiger partial charge in [-0.1, -0.05) is 5.16 Å². The van der Waals surface area contributed by atoms with Gasteiger partial charge in [-0.3, -0.25) is 4.90 Å². The van der Waals surface area contributed by atoms with Crippen LogP contribution in [0.2, 0.25) is 0 Å². The zero-order valence-corrected chi connectivity index (χ0v) is 15.2. The summed E-state index contributed by atoms with van der Waals surface area (Å²) < 4.78 is 35.3. The maximum absolute atomic E-state index is 11.5. The quantitative estimate of drug-likeness (QED) is 0.759. The van der Waals surface area contributed by atoms with Crippen LogP contribution in [-0.2, 0) is 16.6 Å². The van der Waals surface area contributed by atoms with E-state index in [4.69, 9.17) is 9.26 Å². The Balaban J connectivity index is 1.59. The van der Waals surface area contributed by atoms with Gasteiger partial charge in [0.25, 0.3) is 0 Å². The van der Waals surface area contributed by atoms with Gasteiger partial charge >= 0.3 is 0 Å². The van der Waals surface area contributed by atoms with E-state index in [9.17, 15) is 8.42 Å². The van der Waals surface area contributed by atoms with E-state index in [1.807, 2.05) is 31.2 Å². The lowest BCUT2D eigenvalue weighted by Crippen LogP contribution is -2.47. The summed E-state index contributed by atoms with van der Waals surface area (Å²) in [5, 5.41) is 4.02. The molecule has 0 unspecified atom stereocenters. The lowest BCUT2D eigenvalue weighted by molar-refractivity contribution is 0.164. The Hall–Kier alpha value is -1.97. The van der Waals surface area contributed by atoms with Crippen molar-refractivity contribution in [2.75, 3.05) is 39.0 Å². The maximum atomic E-state index is 11.5. The molecule has 0 N–H and O–H groups in total. The SMILES string of the molecule is CCOc1ccc(-c2noc(CN3CCN(S(C)(=O)=O)CC3)n2)cc1. The average molecular weight is 366 g/mol. The zero-order chi connectivity index (χ0) is 17.9. The summed E-state index contributed by atoms with van der Waals surface area (Å²) in [6.45, 7) is 5.34. The van der Waals surface area contributed by atoms with Crippen molar-refractivity contribution in [1.29, 1.82) is 0 Å². The van der Waals surface area contributed by atoms with Crippen LogP contribution < -0.4 is 4.74 Å². The van der Waals surface area contributed by atoms with Crippen molar-refractivity contribution in [3.05, 3.63) is 30.2 Å². The molecule has 0 saturated carbocycles. The van der Waals surface area contributed by atoms with Crippen molar-refractivity contribution in [2.24, 2.45) is 0 Å². The Morgan fingerprint density at radius 1 is 1.16 bits per heavy atom. The van der Waals surface area contributed by atoms with Crippen molar-refractivity contribution >= 4 is 10.0 Å². The molecule has 1 saturated heterocycles. The number of aromatic nitrogens is 2. The lowest BCUT2D eigenvalue weighted by Gasteiger charge is -2.32. The first-order valence-corrected chi connectivity index (χ1v) is 10.0. The van der Waals surface area contributed by atoms with Crippen molar-refractivity contribution < 1.29 is 17.7 Å². The summed E-state index contributed by atoms with van der Waals surface area (Å²) in [4.78, 5) is 6.53. The molecule has 0 atom stereocenters. The monoisotopic (exact) mass is 366 g/mol. The zero-order valence-electron chi connectivity index (χ0n) is 14.4. The molecule has 1 aromatic carbocycles. The van der Waals surface area contributed by atoms with Crippen LogP contribution >= 0.6 is 0 Å². The lowest BCUT2D eigenvalue weighted by atomic mass is 10.2. The molecule has 1 fully saturated rings. The standard InChI is InChI=1S/C16H22N4O4S/c1-3-23-14-6-4-13(5-7-14)16-17-15(24-18-16)12-19-8-10-20(11-9-19)25(2,21)22/h4-7H,3,8-12H2,1-2H3. The molecule has 9 heteroatoms. The molecule has 8 nitrogen and oxygen atoms in total. The number of sulfonamides is 1. The highest BCUT2D eigenvalue weighted by atomic mass is 32.2. The first-order valence-electron chi connectivity index (χ1n) is 8.19. The van der Waals surface area contributed by atoms with Crippen molar-refractivity contribution in [2.45, 2.75) is 13.5 Å². The van der Waals surface area contributed by atoms with E-state index < -0.39 is 10.0 Å². The summed E-state index contributed by atoms with van der Waals surface area (Å²) in [6, 6.07) is 7.54. The second-order valence-corrected chi connectivity index (χ2v) is 7.89. The van der Waals surface area contributed by atoms with Crippen molar-refractivity contribution in [3.8, 4) is 17.1 Å². The molecule has 2 heterocycles. The van der Waals surface area contributed by atoms with Crippen LogP contribution in [0, 0.1) is 0 Å². The van der Waals surface area contributed by atoms with E-state index in [-0.39, 0.29) is 0 Å². The third-order valence-corrected chi connectivity index (χ3v) is 5.35. The van der Waals surface area contributed by atoms with Crippen LogP contribution in [0.3, 0.4) is 0 Å². The maximum Gasteiger partial charge on any atom is 0.241 e. The fourth-order valence-corrected chi connectivity index (χ4v) is 3.54. The minimum Gasteiger partial charge on any atom is -0.494 e. The first kappa shape index (κ1) is 17.8. The van der Waals surface area contributed by atoms with Crippen LogP contribution in [-0.4, -0.2) is 66.8 Å². The van der Waals surface area contributed by atoms with E-state index >= 15 is 0 Å². The molecule has 0 spiro atoms. The molecule has 136 valence electrons. The third-order valence-electron chi connectivity index (χ3n) is 4.05.